The Labute approximate surface area is 101 Å². The summed E-state index contributed by atoms with van der Waals surface area (Å²) in [5.74, 6) is 0.744. The van der Waals surface area contributed by atoms with Crippen molar-refractivity contribution in [3.05, 3.63) is 18.1 Å². The lowest BCUT2D eigenvalue weighted by Gasteiger charge is -2.14. The molecule has 1 saturated heterocycles. The van der Waals surface area contributed by atoms with E-state index < -0.39 is 0 Å². The molecule has 0 atom stereocenters. The fraction of sp³-hybridized carbons (Fsp3) is 0.583. The Balaban J connectivity index is 2.06. The molecule has 1 aliphatic rings. The summed E-state index contributed by atoms with van der Waals surface area (Å²) >= 11 is 0. The summed E-state index contributed by atoms with van der Waals surface area (Å²) in [6.45, 7) is 4.64. The molecular weight excluding hydrogens is 216 g/mol. The van der Waals surface area contributed by atoms with Gasteiger partial charge < -0.3 is 10.2 Å². The molecule has 2 rings (SSSR count). The van der Waals surface area contributed by atoms with Crippen LogP contribution in [0.25, 0.3) is 0 Å². The molecule has 1 amide bonds. The molecule has 0 spiro atoms. The molecule has 1 N–H and O–H groups in total. The zero-order chi connectivity index (χ0) is 12.1. The van der Waals surface area contributed by atoms with Gasteiger partial charge in [0.2, 0.25) is 0 Å². The van der Waals surface area contributed by atoms with Gasteiger partial charge in [-0.3, -0.25) is 4.79 Å². The van der Waals surface area contributed by atoms with E-state index in [0.29, 0.717) is 5.69 Å². The standard InChI is InChI=1S/C12H18N4O/c1-2-5-13-11-8-10(14-9-15-11)12(17)16-6-3-4-7-16/h8-9H,2-7H2,1H3,(H,13,14,15). The van der Waals surface area contributed by atoms with Crippen molar-refractivity contribution < 1.29 is 4.79 Å². The zero-order valence-corrected chi connectivity index (χ0v) is 10.1. The van der Waals surface area contributed by atoms with Crippen LogP contribution in [0, 0.1) is 0 Å². The second kappa shape index (κ2) is 5.61. The molecule has 5 nitrogen and oxygen atoms in total. The van der Waals surface area contributed by atoms with Gasteiger partial charge in [-0.25, -0.2) is 9.97 Å². The molecule has 92 valence electrons. The largest absolute Gasteiger partial charge is 0.370 e. The van der Waals surface area contributed by atoms with Crippen LogP contribution in [0.15, 0.2) is 12.4 Å². The second-order valence-electron chi connectivity index (χ2n) is 4.21. The van der Waals surface area contributed by atoms with Gasteiger partial charge in [0, 0.05) is 25.7 Å². The van der Waals surface area contributed by atoms with E-state index in [0.717, 1.165) is 44.7 Å². The summed E-state index contributed by atoms with van der Waals surface area (Å²) in [5.41, 5.74) is 0.487. The predicted molar refractivity (Wildman–Crippen MR) is 66.0 cm³/mol. The maximum Gasteiger partial charge on any atom is 0.272 e. The smallest absolute Gasteiger partial charge is 0.272 e. The molecule has 5 heteroatoms. The Kier molecular flexibility index (Phi) is 3.90. The van der Waals surface area contributed by atoms with E-state index in [1.54, 1.807) is 6.07 Å². The van der Waals surface area contributed by atoms with Crippen LogP contribution in [-0.2, 0) is 0 Å². The fourth-order valence-electron chi connectivity index (χ4n) is 1.91. The number of hydrogen-bond donors (Lipinski definition) is 1. The maximum atomic E-state index is 12.1. The lowest BCUT2D eigenvalue weighted by molar-refractivity contribution is 0.0787. The molecule has 17 heavy (non-hydrogen) atoms. The van der Waals surface area contributed by atoms with Gasteiger partial charge in [0.15, 0.2) is 0 Å². The molecular formula is C12H18N4O. The highest BCUT2D eigenvalue weighted by Crippen LogP contribution is 2.12. The number of anilines is 1. The van der Waals surface area contributed by atoms with Crippen molar-refractivity contribution in [3.63, 3.8) is 0 Å². The van der Waals surface area contributed by atoms with Crippen molar-refractivity contribution in [1.29, 1.82) is 0 Å². The molecule has 1 aromatic heterocycles. The van der Waals surface area contributed by atoms with Gasteiger partial charge in [-0.05, 0) is 19.3 Å². The summed E-state index contributed by atoms with van der Waals surface area (Å²) in [5, 5.41) is 3.16. The third-order valence-corrected chi connectivity index (χ3v) is 2.84. The monoisotopic (exact) mass is 234 g/mol. The normalized spacial score (nSPS) is 15.0. The third-order valence-electron chi connectivity index (χ3n) is 2.84. The second-order valence-corrected chi connectivity index (χ2v) is 4.21. The van der Waals surface area contributed by atoms with Crippen LogP contribution in [0.5, 0.6) is 0 Å². The Bertz CT molecular complexity index is 388. The van der Waals surface area contributed by atoms with Crippen LogP contribution in [0.3, 0.4) is 0 Å². The fourth-order valence-corrected chi connectivity index (χ4v) is 1.91. The molecule has 1 aromatic rings. The number of hydrogen-bond acceptors (Lipinski definition) is 4. The first-order chi connectivity index (χ1) is 8.31. The first-order valence-electron chi connectivity index (χ1n) is 6.16. The minimum atomic E-state index is 0.0180. The zero-order valence-electron chi connectivity index (χ0n) is 10.1. The van der Waals surface area contributed by atoms with Crippen molar-refractivity contribution in [3.8, 4) is 0 Å². The average Bonchev–Trinajstić information content (AvgIpc) is 2.89. The molecule has 1 aliphatic heterocycles. The SMILES string of the molecule is CCCNc1cc(C(=O)N2CCCC2)ncn1. The van der Waals surface area contributed by atoms with Crippen LogP contribution >= 0.6 is 0 Å². The van der Waals surface area contributed by atoms with Crippen molar-refractivity contribution in [2.24, 2.45) is 0 Å². The molecule has 0 aliphatic carbocycles. The highest BCUT2D eigenvalue weighted by Gasteiger charge is 2.20. The number of aromatic nitrogens is 2. The van der Waals surface area contributed by atoms with Gasteiger partial charge in [0.25, 0.3) is 5.91 Å². The summed E-state index contributed by atoms with van der Waals surface area (Å²) < 4.78 is 0. The van der Waals surface area contributed by atoms with Crippen molar-refractivity contribution in [1.82, 2.24) is 14.9 Å². The van der Waals surface area contributed by atoms with Gasteiger partial charge in [0.05, 0.1) is 0 Å². The van der Waals surface area contributed by atoms with Crippen LogP contribution < -0.4 is 5.32 Å². The molecule has 0 unspecified atom stereocenters. The van der Waals surface area contributed by atoms with Gasteiger partial charge in [-0.1, -0.05) is 6.92 Å². The van der Waals surface area contributed by atoms with E-state index in [4.69, 9.17) is 0 Å². The molecule has 2 heterocycles. The van der Waals surface area contributed by atoms with E-state index in [9.17, 15) is 4.79 Å². The van der Waals surface area contributed by atoms with E-state index in [1.807, 2.05) is 4.90 Å². The van der Waals surface area contributed by atoms with Crippen LogP contribution in [-0.4, -0.2) is 40.4 Å². The van der Waals surface area contributed by atoms with Gasteiger partial charge >= 0.3 is 0 Å². The molecule has 0 bridgehead atoms. The maximum absolute atomic E-state index is 12.1. The minimum absolute atomic E-state index is 0.0180. The summed E-state index contributed by atoms with van der Waals surface area (Å²) in [6, 6.07) is 1.73. The molecule has 0 radical (unpaired) electrons. The number of nitrogens with one attached hydrogen (secondary N) is 1. The average molecular weight is 234 g/mol. The lowest BCUT2D eigenvalue weighted by atomic mass is 10.3. The van der Waals surface area contributed by atoms with E-state index >= 15 is 0 Å². The quantitative estimate of drug-likeness (QED) is 0.858. The summed E-state index contributed by atoms with van der Waals surface area (Å²) in [7, 11) is 0. The lowest BCUT2D eigenvalue weighted by Crippen LogP contribution is -2.28. The first-order valence-corrected chi connectivity index (χ1v) is 6.16. The Hall–Kier alpha value is -1.65. The van der Waals surface area contributed by atoms with Gasteiger partial charge in [-0.2, -0.15) is 0 Å². The third kappa shape index (κ3) is 2.93. The highest BCUT2D eigenvalue weighted by molar-refractivity contribution is 5.93. The number of likely N-dealkylation sites (tertiary alicyclic amines) is 1. The van der Waals surface area contributed by atoms with E-state index in [2.05, 4.69) is 22.2 Å². The van der Waals surface area contributed by atoms with Crippen molar-refractivity contribution in [2.75, 3.05) is 25.0 Å². The molecule has 0 aromatic carbocycles. The summed E-state index contributed by atoms with van der Waals surface area (Å²) in [4.78, 5) is 22.1. The van der Waals surface area contributed by atoms with Crippen LogP contribution in [0.2, 0.25) is 0 Å². The Morgan fingerprint density at radius 2 is 2.18 bits per heavy atom. The van der Waals surface area contributed by atoms with E-state index in [-0.39, 0.29) is 5.91 Å². The van der Waals surface area contributed by atoms with Crippen molar-refractivity contribution in [2.45, 2.75) is 26.2 Å². The molecule has 0 saturated carbocycles. The number of amides is 1. The number of rotatable bonds is 4. The molecule has 1 fully saturated rings. The topological polar surface area (TPSA) is 58.1 Å². The van der Waals surface area contributed by atoms with Crippen molar-refractivity contribution >= 4 is 11.7 Å². The highest BCUT2D eigenvalue weighted by atomic mass is 16.2. The van der Waals surface area contributed by atoms with E-state index in [1.165, 1.54) is 6.33 Å². The predicted octanol–water partition coefficient (Wildman–Crippen LogP) is 1.53. The summed E-state index contributed by atoms with van der Waals surface area (Å²) in [6.07, 6.45) is 4.66. The first kappa shape index (κ1) is 11.8. The van der Waals surface area contributed by atoms with Gasteiger partial charge in [0.1, 0.15) is 17.8 Å². The van der Waals surface area contributed by atoms with Crippen LogP contribution in [0.1, 0.15) is 36.7 Å². The van der Waals surface area contributed by atoms with Crippen LogP contribution in [0.4, 0.5) is 5.82 Å². The Morgan fingerprint density at radius 1 is 1.41 bits per heavy atom. The number of carbonyl (C=O) groups is 1. The minimum Gasteiger partial charge on any atom is -0.370 e. The Morgan fingerprint density at radius 3 is 2.88 bits per heavy atom. The van der Waals surface area contributed by atoms with Gasteiger partial charge in [-0.15, -0.1) is 0 Å². The number of carbonyl (C=O) groups excluding carboxylic acids is 1. The number of nitrogens with zero attached hydrogens (tertiary/aromatic N) is 3.